The molecule has 2 rings (SSSR count). The average molecular weight is 359 g/mol. The number of hydrogen-bond acceptors (Lipinski definition) is 1. The van der Waals surface area contributed by atoms with Gasteiger partial charge in [0.15, 0.2) is 0 Å². The van der Waals surface area contributed by atoms with Gasteiger partial charge in [0.25, 0.3) is 0 Å². The highest BCUT2D eigenvalue weighted by Gasteiger charge is 2.27. The lowest BCUT2D eigenvalue weighted by atomic mass is 9.76. The lowest BCUT2D eigenvalue weighted by Crippen LogP contribution is -2.19. The summed E-state index contributed by atoms with van der Waals surface area (Å²) in [6, 6.07) is 6.43. The zero-order valence-electron chi connectivity index (χ0n) is 17.9. The maximum absolute atomic E-state index is 11.0. The fourth-order valence-electron chi connectivity index (χ4n) is 4.60. The largest absolute Gasteiger partial charge is 0.507 e. The van der Waals surface area contributed by atoms with E-state index in [1.165, 1.54) is 70.6 Å². The summed E-state index contributed by atoms with van der Waals surface area (Å²) in [6.45, 7) is 9.33. The zero-order valence-corrected chi connectivity index (χ0v) is 17.9. The monoisotopic (exact) mass is 358 g/mol. The average Bonchev–Trinajstić information content (AvgIpc) is 2.56. The van der Waals surface area contributed by atoms with E-state index in [9.17, 15) is 5.11 Å². The van der Waals surface area contributed by atoms with Crippen molar-refractivity contribution in [3.8, 4) is 5.75 Å². The van der Waals surface area contributed by atoms with Crippen LogP contribution in [0.25, 0.3) is 0 Å². The van der Waals surface area contributed by atoms with E-state index in [4.69, 9.17) is 0 Å². The van der Waals surface area contributed by atoms with Gasteiger partial charge in [0.05, 0.1) is 0 Å². The summed E-state index contributed by atoms with van der Waals surface area (Å²) in [7, 11) is 0. The van der Waals surface area contributed by atoms with Crippen LogP contribution >= 0.6 is 0 Å². The van der Waals surface area contributed by atoms with Crippen LogP contribution in [-0.2, 0) is 11.8 Å². The predicted octanol–water partition coefficient (Wildman–Crippen LogP) is 7.93. The Morgan fingerprint density at radius 2 is 1.19 bits per heavy atom. The van der Waals surface area contributed by atoms with Crippen LogP contribution in [0.5, 0.6) is 5.75 Å². The van der Waals surface area contributed by atoms with Crippen LogP contribution in [0.1, 0.15) is 116 Å². The van der Waals surface area contributed by atoms with Gasteiger partial charge in [0.1, 0.15) is 5.75 Å². The van der Waals surface area contributed by atoms with E-state index in [-0.39, 0.29) is 10.8 Å². The first-order valence-corrected chi connectivity index (χ1v) is 11.1. The molecule has 0 amide bonds. The molecule has 0 radical (unpaired) electrons. The quantitative estimate of drug-likeness (QED) is 0.499. The first-order chi connectivity index (χ1) is 12.3. The molecule has 0 heterocycles. The highest BCUT2D eigenvalue weighted by molar-refractivity contribution is 5.44. The lowest BCUT2D eigenvalue weighted by Gasteiger charge is -2.30. The maximum atomic E-state index is 11.0. The second-order valence-electron chi connectivity index (χ2n) is 10.1. The topological polar surface area (TPSA) is 20.2 Å². The third kappa shape index (κ3) is 6.63. The van der Waals surface area contributed by atoms with Gasteiger partial charge in [-0.25, -0.2) is 0 Å². The van der Waals surface area contributed by atoms with E-state index in [0.29, 0.717) is 5.75 Å². The van der Waals surface area contributed by atoms with E-state index in [0.717, 1.165) is 24.0 Å². The molecule has 26 heavy (non-hydrogen) atoms. The van der Waals surface area contributed by atoms with Crippen LogP contribution in [0.2, 0.25) is 0 Å². The molecule has 1 aromatic rings. The SMILES string of the molecule is CC1(C)CCCCCCCCCCCCC(C)(C)c2cccc(c2O)C1. The van der Waals surface area contributed by atoms with Crippen LogP contribution in [-0.4, -0.2) is 5.11 Å². The van der Waals surface area contributed by atoms with Gasteiger partial charge >= 0.3 is 0 Å². The molecule has 0 aliphatic heterocycles. The molecule has 1 heteroatoms. The molecule has 0 fully saturated rings. The Kier molecular flexibility index (Phi) is 8.05. The molecule has 0 aromatic heterocycles. The molecule has 0 saturated heterocycles. The Morgan fingerprint density at radius 3 is 1.77 bits per heavy atom. The van der Waals surface area contributed by atoms with Gasteiger partial charge < -0.3 is 5.11 Å². The second kappa shape index (κ2) is 9.81. The van der Waals surface area contributed by atoms with Crippen LogP contribution in [0.15, 0.2) is 18.2 Å². The molecule has 1 aromatic carbocycles. The number of hydrogen-bond donors (Lipinski definition) is 1. The predicted molar refractivity (Wildman–Crippen MR) is 114 cm³/mol. The maximum Gasteiger partial charge on any atom is 0.122 e. The van der Waals surface area contributed by atoms with Gasteiger partial charge in [0, 0.05) is 0 Å². The lowest BCUT2D eigenvalue weighted by molar-refractivity contribution is 0.309. The molecular weight excluding hydrogens is 316 g/mol. The fraction of sp³-hybridized carbons (Fsp3) is 0.760. The highest BCUT2D eigenvalue weighted by Crippen LogP contribution is 2.40. The van der Waals surface area contributed by atoms with Crippen molar-refractivity contribution >= 4 is 0 Å². The second-order valence-corrected chi connectivity index (χ2v) is 10.1. The highest BCUT2D eigenvalue weighted by atomic mass is 16.3. The van der Waals surface area contributed by atoms with Crippen molar-refractivity contribution in [1.82, 2.24) is 0 Å². The normalized spacial score (nSPS) is 22.9. The van der Waals surface area contributed by atoms with E-state index in [1.807, 2.05) is 0 Å². The molecule has 0 unspecified atom stereocenters. The van der Waals surface area contributed by atoms with Crippen molar-refractivity contribution in [1.29, 1.82) is 0 Å². The van der Waals surface area contributed by atoms with Gasteiger partial charge in [-0.15, -0.1) is 0 Å². The Labute approximate surface area is 162 Å². The fourth-order valence-corrected chi connectivity index (χ4v) is 4.60. The number of rotatable bonds is 0. The summed E-state index contributed by atoms with van der Waals surface area (Å²) in [5, 5.41) is 11.0. The zero-order chi connectivity index (χ0) is 19.0. The van der Waals surface area contributed by atoms with Crippen LogP contribution in [0.3, 0.4) is 0 Å². The summed E-state index contributed by atoms with van der Waals surface area (Å²) < 4.78 is 0. The van der Waals surface area contributed by atoms with E-state index < -0.39 is 0 Å². The van der Waals surface area contributed by atoms with E-state index >= 15 is 0 Å². The summed E-state index contributed by atoms with van der Waals surface area (Å²) >= 11 is 0. The molecular formula is C25H42O. The molecule has 0 saturated carbocycles. The molecule has 0 spiro atoms. The van der Waals surface area contributed by atoms with Crippen molar-refractivity contribution < 1.29 is 5.11 Å². The molecule has 1 nitrogen and oxygen atoms in total. The first kappa shape index (κ1) is 21.3. The van der Waals surface area contributed by atoms with Gasteiger partial charge in [-0.1, -0.05) is 110 Å². The minimum absolute atomic E-state index is 0.0513. The Hall–Kier alpha value is -0.980. The third-order valence-corrected chi connectivity index (χ3v) is 6.42. The summed E-state index contributed by atoms with van der Waals surface area (Å²) in [5.41, 5.74) is 2.59. The molecule has 148 valence electrons. The molecule has 0 atom stereocenters. The van der Waals surface area contributed by atoms with Crippen LogP contribution < -0.4 is 0 Å². The minimum Gasteiger partial charge on any atom is -0.507 e. The van der Waals surface area contributed by atoms with Crippen molar-refractivity contribution in [3.05, 3.63) is 29.3 Å². The van der Waals surface area contributed by atoms with Gasteiger partial charge in [-0.05, 0) is 41.2 Å². The van der Waals surface area contributed by atoms with E-state index in [2.05, 4.69) is 45.9 Å². The van der Waals surface area contributed by atoms with Gasteiger partial charge in [-0.2, -0.15) is 0 Å². The van der Waals surface area contributed by atoms with Crippen molar-refractivity contribution in [2.45, 2.75) is 117 Å². The number of fused-ring (bicyclic) bond motifs is 2. The van der Waals surface area contributed by atoms with Crippen LogP contribution in [0, 0.1) is 5.41 Å². The Bertz CT molecular complexity index is 541. The summed E-state index contributed by atoms with van der Waals surface area (Å²) in [4.78, 5) is 0. The first-order valence-electron chi connectivity index (χ1n) is 11.1. The third-order valence-electron chi connectivity index (χ3n) is 6.42. The number of benzene rings is 1. The molecule has 1 aliphatic carbocycles. The minimum atomic E-state index is 0.0513. The molecule has 2 bridgehead atoms. The Balaban J connectivity index is 2.16. The Morgan fingerprint density at radius 1 is 0.692 bits per heavy atom. The smallest absolute Gasteiger partial charge is 0.122 e. The standard InChI is InChI=1S/C25H42O/c1-24(2)18-13-11-9-7-5-6-8-10-12-14-19-25(3,4)22-17-15-16-21(20-24)23(22)26/h15-17,26H,5-14,18-20H2,1-4H3. The van der Waals surface area contributed by atoms with E-state index in [1.54, 1.807) is 0 Å². The number of aromatic hydroxyl groups is 1. The van der Waals surface area contributed by atoms with Gasteiger partial charge in [-0.3, -0.25) is 0 Å². The number of para-hydroxylation sites is 1. The van der Waals surface area contributed by atoms with Crippen molar-refractivity contribution in [3.63, 3.8) is 0 Å². The summed E-state index contributed by atoms with van der Waals surface area (Å²) in [5.74, 6) is 0.562. The number of phenols is 1. The van der Waals surface area contributed by atoms with Crippen molar-refractivity contribution in [2.24, 2.45) is 5.41 Å². The molecule has 1 aliphatic rings. The number of phenolic OH excluding ortho intramolecular Hbond substituents is 1. The summed E-state index contributed by atoms with van der Waals surface area (Å²) in [6.07, 6.45) is 17.1. The van der Waals surface area contributed by atoms with Crippen molar-refractivity contribution in [2.75, 3.05) is 0 Å². The van der Waals surface area contributed by atoms with Gasteiger partial charge in [0.2, 0.25) is 0 Å². The molecule has 1 N–H and O–H groups in total. The van der Waals surface area contributed by atoms with Crippen LogP contribution in [0.4, 0.5) is 0 Å².